The van der Waals surface area contributed by atoms with Gasteiger partial charge in [-0.05, 0) is 30.7 Å². The van der Waals surface area contributed by atoms with Gasteiger partial charge in [-0.15, -0.1) is 0 Å². The van der Waals surface area contributed by atoms with Crippen LogP contribution in [-0.4, -0.2) is 48.6 Å². The first kappa shape index (κ1) is 16.3. The molecule has 2 N–H and O–H groups in total. The molecule has 0 fully saturated rings. The molecule has 112 valence electrons. The summed E-state index contributed by atoms with van der Waals surface area (Å²) in [6.07, 6.45) is -0.641. The quantitative estimate of drug-likeness (QED) is 0.627. The summed E-state index contributed by atoms with van der Waals surface area (Å²) in [5.74, 6) is -0.795. The molecular formula is C14H20NO5-. The van der Waals surface area contributed by atoms with Crippen LogP contribution in [0.2, 0.25) is 0 Å². The second-order valence-electron chi connectivity index (χ2n) is 4.26. The van der Waals surface area contributed by atoms with E-state index < -0.39 is 12.1 Å². The second kappa shape index (κ2) is 8.39. The second-order valence-corrected chi connectivity index (χ2v) is 4.26. The minimum absolute atomic E-state index is 0.0131. The molecule has 1 aromatic rings. The van der Waals surface area contributed by atoms with Crippen molar-refractivity contribution in [2.45, 2.75) is 19.4 Å². The molecule has 1 atom stereocenters. The molecule has 0 spiro atoms. The van der Waals surface area contributed by atoms with Crippen molar-refractivity contribution in [3.05, 3.63) is 24.3 Å². The molecular weight excluding hydrogens is 262 g/mol. The van der Waals surface area contributed by atoms with Gasteiger partial charge in [0.15, 0.2) is 0 Å². The summed E-state index contributed by atoms with van der Waals surface area (Å²) in [6, 6.07) is 6.82. The number of anilines is 1. The predicted molar refractivity (Wildman–Crippen MR) is 72.5 cm³/mol. The van der Waals surface area contributed by atoms with Crippen molar-refractivity contribution in [3.63, 3.8) is 0 Å². The molecule has 6 nitrogen and oxygen atoms in total. The number of hydrogen-bond donors (Lipinski definition) is 2. The molecule has 0 bridgehead atoms. The molecule has 20 heavy (non-hydrogen) atoms. The fourth-order valence-electron chi connectivity index (χ4n) is 1.81. The third kappa shape index (κ3) is 4.71. The lowest BCUT2D eigenvalue weighted by Gasteiger charge is -2.23. The lowest BCUT2D eigenvalue weighted by Crippen LogP contribution is -2.39. The molecule has 0 aliphatic heterocycles. The highest BCUT2D eigenvalue weighted by Crippen LogP contribution is 2.20. The maximum atomic E-state index is 10.8. The average Bonchev–Trinajstić information content (AvgIpc) is 2.45. The van der Waals surface area contributed by atoms with E-state index in [9.17, 15) is 9.90 Å². The van der Waals surface area contributed by atoms with E-state index in [4.69, 9.17) is 14.9 Å². The maximum Gasteiger partial charge on any atom is 0.138 e. The summed E-state index contributed by atoms with van der Waals surface area (Å²) in [5, 5.41) is 28.7. The Hall–Kier alpha value is -1.79. The van der Waals surface area contributed by atoms with Gasteiger partial charge in [0.2, 0.25) is 0 Å². The standard InChI is InChI=1S/C14H21NO5/c1-2-13(14(18)19)20-12-5-3-11(4-6-12)15(7-9-16)8-10-17/h3-6,13,16-17H,2,7-10H2,1H3,(H,18,19)/p-1. The third-order valence-corrected chi connectivity index (χ3v) is 2.85. The molecule has 6 heteroatoms. The largest absolute Gasteiger partial charge is 0.546 e. The molecule has 0 saturated carbocycles. The predicted octanol–water partition coefficient (Wildman–Crippen LogP) is -0.615. The Balaban J connectivity index is 2.73. The molecule has 1 aromatic carbocycles. The van der Waals surface area contributed by atoms with Crippen LogP contribution in [-0.2, 0) is 4.79 Å². The Morgan fingerprint density at radius 2 is 1.80 bits per heavy atom. The van der Waals surface area contributed by atoms with Gasteiger partial charge in [0.25, 0.3) is 0 Å². The van der Waals surface area contributed by atoms with Crippen LogP contribution in [0.4, 0.5) is 5.69 Å². The zero-order valence-electron chi connectivity index (χ0n) is 11.5. The van der Waals surface area contributed by atoms with Crippen molar-refractivity contribution < 1.29 is 24.9 Å². The molecule has 1 unspecified atom stereocenters. The molecule has 0 amide bonds. The van der Waals surface area contributed by atoms with Gasteiger partial charge in [-0.2, -0.15) is 0 Å². The SMILES string of the molecule is CCC(Oc1ccc(N(CCO)CCO)cc1)C(=O)[O-]. The minimum atomic E-state index is -1.24. The molecule has 0 saturated heterocycles. The lowest BCUT2D eigenvalue weighted by atomic mass is 10.2. The van der Waals surface area contributed by atoms with E-state index in [-0.39, 0.29) is 13.2 Å². The molecule has 1 rings (SSSR count). The highest BCUT2D eigenvalue weighted by molar-refractivity contribution is 5.70. The van der Waals surface area contributed by atoms with E-state index >= 15 is 0 Å². The molecule has 0 aliphatic carbocycles. The minimum Gasteiger partial charge on any atom is -0.546 e. The highest BCUT2D eigenvalue weighted by Gasteiger charge is 2.10. The Bertz CT molecular complexity index is 401. The van der Waals surface area contributed by atoms with Crippen LogP contribution < -0.4 is 14.7 Å². The van der Waals surface area contributed by atoms with Gasteiger partial charge in [-0.1, -0.05) is 6.92 Å². The van der Waals surface area contributed by atoms with Gasteiger partial charge in [0, 0.05) is 18.8 Å². The van der Waals surface area contributed by atoms with Crippen molar-refractivity contribution in [2.24, 2.45) is 0 Å². The highest BCUT2D eigenvalue weighted by atomic mass is 16.5. The normalized spacial score (nSPS) is 11.9. The zero-order valence-corrected chi connectivity index (χ0v) is 11.5. The van der Waals surface area contributed by atoms with Gasteiger partial charge in [-0.25, -0.2) is 0 Å². The number of benzene rings is 1. The first-order valence-corrected chi connectivity index (χ1v) is 6.56. The summed E-state index contributed by atoms with van der Waals surface area (Å²) >= 11 is 0. The van der Waals surface area contributed by atoms with Crippen LogP contribution >= 0.6 is 0 Å². The van der Waals surface area contributed by atoms with E-state index in [1.54, 1.807) is 31.2 Å². The van der Waals surface area contributed by atoms with Crippen LogP contribution in [0.1, 0.15) is 13.3 Å². The number of carboxylic acid groups (broad SMARTS) is 1. The number of carbonyl (C=O) groups excluding carboxylic acids is 1. The van der Waals surface area contributed by atoms with Gasteiger partial charge < -0.3 is 29.8 Å². The Kier molecular flexibility index (Phi) is 6.83. The first-order chi connectivity index (χ1) is 9.62. The fourth-order valence-corrected chi connectivity index (χ4v) is 1.81. The van der Waals surface area contributed by atoms with Gasteiger partial charge >= 0.3 is 0 Å². The summed E-state index contributed by atoms with van der Waals surface area (Å²) in [5.41, 5.74) is 0.821. The number of aliphatic carboxylic acids is 1. The smallest absolute Gasteiger partial charge is 0.138 e. The van der Waals surface area contributed by atoms with Crippen LogP contribution in [0, 0.1) is 0 Å². The number of ether oxygens (including phenoxy) is 1. The van der Waals surface area contributed by atoms with Crippen molar-refractivity contribution in [2.75, 3.05) is 31.2 Å². The number of carboxylic acids is 1. The molecule has 0 aliphatic rings. The van der Waals surface area contributed by atoms with Crippen molar-refractivity contribution in [3.8, 4) is 5.75 Å². The molecule has 0 aromatic heterocycles. The maximum absolute atomic E-state index is 10.8. The van der Waals surface area contributed by atoms with Crippen LogP contribution in [0.3, 0.4) is 0 Å². The Labute approximate surface area is 118 Å². The van der Waals surface area contributed by atoms with Crippen LogP contribution in [0.15, 0.2) is 24.3 Å². The summed E-state index contributed by atoms with van der Waals surface area (Å²) in [7, 11) is 0. The van der Waals surface area contributed by atoms with Crippen molar-refractivity contribution in [1.29, 1.82) is 0 Å². The van der Waals surface area contributed by atoms with E-state index in [1.165, 1.54) is 0 Å². The third-order valence-electron chi connectivity index (χ3n) is 2.85. The van der Waals surface area contributed by atoms with E-state index in [2.05, 4.69) is 0 Å². The zero-order chi connectivity index (χ0) is 15.0. The van der Waals surface area contributed by atoms with Crippen LogP contribution in [0.25, 0.3) is 0 Å². The van der Waals surface area contributed by atoms with E-state index in [1.807, 2.05) is 4.90 Å². The lowest BCUT2D eigenvalue weighted by molar-refractivity contribution is -0.313. The fraction of sp³-hybridized carbons (Fsp3) is 0.500. The van der Waals surface area contributed by atoms with E-state index in [0.717, 1.165) is 5.69 Å². The summed E-state index contributed by atoms with van der Waals surface area (Å²) in [6.45, 7) is 2.51. The Morgan fingerprint density at radius 1 is 1.25 bits per heavy atom. The number of aliphatic hydroxyl groups excluding tert-OH is 2. The summed E-state index contributed by atoms with van der Waals surface area (Å²) < 4.78 is 5.30. The summed E-state index contributed by atoms with van der Waals surface area (Å²) in [4.78, 5) is 12.6. The van der Waals surface area contributed by atoms with Crippen molar-refractivity contribution >= 4 is 11.7 Å². The topological polar surface area (TPSA) is 93.1 Å². The first-order valence-electron chi connectivity index (χ1n) is 6.56. The average molecular weight is 282 g/mol. The number of rotatable bonds is 9. The number of aliphatic hydroxyl groups is 2. The molecule has 0 heterocycles. The number of hydrogen-bond acceptors (Lipinski definition) is 6. The number of carbonyl (C=O) groups is 1. The number of nitrogens with zero attached hydrogens (tertiary/aromatic N) is 1. The van der Waals surface area contributed by atoms with Gasteiger partial charge in [-0.3, -0.25) is 0 Å². The van der Waals surface area contributed by atoms with E-state index in [0.29, 0.717) is 25.3 Å². The molecule has 0 radical (unpaired) electrons. The van der Waals surface area contributed by atoms with Gasteiger partial charge in [0.1, 0.15) is 11.9 Å². The van der Waals surface area contributed by atoms with Crippen molar-refractivity contribution in [1.82, 2.24) is 0 Å². The van der Waals surface area contributed by atoms with Gasteiger partial charge in [0.05, 0.1) is 19.2 Å². The monoisotopic (exact) mass is 282 g/mol. The Morgan fingerprint density at radius 3 is 2.20 bits per heavy atom. The van der Waals surface area contributed by atoms with Crippen LogP contribution in [0.5, 0.6) is 5.75 Å².